The van der Waals surface area contributed by atoms with Gasteiger partial charge in [-0.2, -0.15) is 0 Å². The normalized spacial score (nSPS) is 12.0. The third-order valence-corrected chi connectivity index (χ3v) is 3.44. The van der Waals surface area contributed by atoms with Crippen LogP contribution >= 0.6 is 23.2 Å². The molecule has 2 nitrogen and oxygen atoms in total. The SMILES string of the molecule is CC(NC(=O)c1ccc(Cl)cc1Cl)c1ccccc1F. The van der Waals surface area contributed by atoms with Crippen molar-refractivity contribution in [3.05, 3.63) is 69.5 Å². The summed E-state index contributed by atoms with van der Waals surface area (Å²) in [6.07, 6.45) is 0. The van der Waals surface area contributed by atoms with E-state index in [4.69, 9.17) is 23.2 Å². The van der Waals surface area contributed by atoms with E-state index in [9.17, 15) is 9.18 Å². The monoisotopic (exact) mass is 311 g/mol. The first-order chi connectivity index (χ1) is 9.49. The van der Waals surface area contributed by atoms with Crippen molar-refractivity contribution in [3.8, 4) is 0 Å². The Kier molecular flexibility index (Phi) is 4.63. The van der Waals surface area contributed by atoms with Crippen molar-refractivity contribution in [2.45, 2.75) is 13.0 Å². The lowest BCUT2D eigenvalue weighted by Gasteiger charge is -2.15. The molecule has 0 spiro atoms. The fraction of sp³-hybridized carbons (Fsp3) is 0.133. The number of halogens is 3. The van der Waals surface area contributed by atoms with Gasteiger partial charge in [0, 0.05) is 10.6 Å². The second-order valence-corrected chi connectivity index (χ2v) is 5.18. The van der Waals surface area contributed by atoms with Crippen LogP contribution in [-0.4, -0.2) is 5.91 Å². The van der Waals surface area contributed by atoms with Crippen molar-refractivity contribution in [2.75, 3.05) is 0 Å². The van der Waals surface area contributed by atoms with Gasteiger partial charge in [-0.15, -0.1) is 0 Å². The van der Waals surface area contributed by atoms with Crippen molar-refractivity contribution >= 4 is 29.1 Å². The number of carbonyl (C=O) groups excluding carboxylic acids is 1. The molecule has 2 aromatic carbocycles. The molecule has 1 unspecified atom stereocenters. The van der Waals surface area contributed by atoms with Gasteiger partial charge in [0.2, 0.25) is 0 Å². The molecule has 20 heavy (non-hydrogen) atoms. The van der Waals surface area contributed by atoms with E-state index in [2.05, 4.69) is 5.32 Å². The van der Waals surface area contributed by atoms with Crippen molar-refractivity contribution < 1.29 is 9.18 Å². The molecule has 0 aliphatic rings. The minimum atomic E-state index is -0.463. The zero-order chi connectivity index (χ0) is 14.7. The number of hydrogen-bond donors (Lipinski definition) is 1. The Hall–Kier alpha value is -1.58. The van der Waals surface area contributed by atoms with Crippen LogP contribution in [0, 0.1) is 5.82 Å². The van der Waals surface area contributed by atoms with Crippen LogP contribution in [-0.2, 0) is 0 Å². The van der Waals surface area contributed by atoms with E-state index in [0.29, 0.717) is 16.1 Å². The van der Waals surface area contributed by atoms with Crippen LogP contribution < -0.4 is 5.32 Å². The highest BCUT2D eigenvalue weighted by Gasteiger charge is 2.16. The van der Waals surface area contributed by atoms with Crippen LogP contribution in [0.4, 0.5) is 4.39 Å². The highest BCUT2D eigenvalue weighted by atomic mass is 35.5. The number of hydrogen-bond acceptors (Lipinski definition) is 1. The zero-order valence-corrected chi connectivity index (χ0v) is 12.2. The Morgan fingerprint density at radius 2 is 1.90 bits per heavy atom. The second kappa shape index (κ2) is 6.25. The van der Waals surface area contributed by atoms with Gasteiger partial charge in [0.15, 0.2) is 0 Å². The van der Waals surface area contributed by atoms with Crippen molar-refractivity contribution in [1.82, 2.24) is 5.32 Å². The van der Waals surface area contributed by atoms with E-state index in [-0.39, 0.29) is 16.7 Å². The predicted molar refractivity (Wildman–Crippen MR) is 78.7 cm³/mol. The molecule has 5 heteroatoms. The molecule has 1 amide bonds. The molecule has 1 atom stereocenters. The van der Waals surface area contributed by atoms with Gasteiger partial charge in [0.1, 0.15) is 5.82 Å². The summed E-state index contributed by atoms with van der Waals surface area (Å²) in [5.74, 6) is -0.732. The highest BCUT2D eigenvalue weighted by molar-refractivity contribution is 6.36. The number of rotatable bonds is 3. The smallest absolute Gasteiger partial charge is 0.253 e. The summed E-state index contributed by atoms with van der Waals surface area (Å²) in [7, 11) is 0. The Labute approximate surface area is 126 Å². The predicted octanol–water partition coefficient (Wildman–Crippen LogP) is 4.62. The number of carbonyl (C=O) groups is 1. The van der Waals surface area contributed by atoms with Gasteiger partial charge >= 0.3 is 0 Å². The maximum atomic E-state index is 13.6. The molecule has 0 aliphatic heterocycles. The minimum absolute atomic E-state index is 0.260. The lowest BCUT2D eigenvalue weighted by molar-refractivity contribution is 0.0939. The van der Waals surface area contributed by atoms with Crippen LogP contribution in [0.2, 0.25) is 10.0 Å². The van der Waals surface area contributed by atoms with E-state index in [1.807, 2.05) is 0 Å². The third kappa shape index (κ3) is 3.30. The van der Waals surface area contributed by atoms with E-state index >= 15 is 0 Å². The van der Waals surface area contributed by atoms with Crippen molar-refractivity contribution in [1.29, 1.82) is 0 Å². The standard InChI is InChI=1S/C15H12Cl2FNO/c1-9(11-4-2-3-5-14(11)18)19-15(20)12-7-6-10(16)8-13(12)17/h2-9H,1H3,(H,19,20). The van der Waals surface area contributed by atoms with Gasteiger partial charge in [-0.25, -0.2) is 4.39 Å². The lowest BCUT2D eigenvalue weighted by atomic mass is 10.1. The van der Waals surface area contributed by atoms with E-state index in [1.165, 1.54) is 18.2 Å². The molecule has 0 saturated heterocycles. The van der Waals surface area contributed by atoms with Crippen LogP contribution in [0.15, 0.2) is 42.5 Å². The van der Waals surface area contributed by atoms with Gasteiger partial charge in [-0.3, -0.25) is 4.79 Å². The molecule has 0 heterocycles. The van der Waals surface area contributed by atoms with E-state index < -0.39 is 6.04 Å². The largest absolute Gasteiger partial charge is 0.345 e. The maximum absolute atomic E-state index is 13.6. The Morgan fingerprint density at radius 1 is 1.20 bits per heavy atom. The quantitative estimate of drug-likeness (QED) is 0.880. The number of nitrogens with one attached hydrogen (secondary N) is 1. The Balaban J connectivity index is 2.17. The van der Waals surface area contributed by atoms with Gasteiger partial charge in [-0.05, 0) is 31.2 Å². The summed E-state index contributed by atoms with van der Waals surface area (Å²) in [4.78, 5) is 12.1. The van der Waals surface area contributed by atoms with E-state index in [0.717, 1.165) is 0 Å². The first-order valence-corrected chi connectivity index (χ1v) is 6.75. The van der Waals surface area contributed by atoms with Gasteiger partial charge < -0.3 is 5.32 Å². The summed E-state index contributed by atoms with van der Waals surface area (Å²) >= 11 is 11.7. The zero-order valence-electron chi connectivity index (χ0n) is 10.7. The van der Waals surface area contributed by atoms with E-state index in [1.54, 1.807) is 31.2 Å². The maximum Gasteiger partial charge on any atom is 0.253 e. The Bertz CT molecular complexity index is 646. The van der Waals surface area contributed by atoms with Gasteiger partial charge in [0.05, 0.1) is 16.6 Å². The average molecular weight is 312 g/mol. The lowest BCUT2D eigenvalue weighted by Crippen LogP contribution is -2.27. The molecule has 0 radical (unpaired) electrons. The second-order valence-electron chi connectivity index (χ2n) is 4.34. The summed E-state index contributed by atoms with van der Waals surface area (Å²) in [6.45, 7) is 1.71. The molecule has 0 saturated carbocycles. The number of benzene rings is 2. The fourth-order valence-corrected chi connectivity index (χ4v) is 2.35. The van der Waals surface area contributed by atoms with Gasteiger partial charge in [-0.1, -0.05) is 41.4 Å². The van der Waals surface area contributed by atoms with Crippen molar-refractivity contribution in [2.24, 2.45) is 0 Å². The molecule has 0 aliphatic carbocycles. The molecule has 2 rings (SSSR count). The molecular formula is C15H12Cl2FNO. The molecule has 104 valence electrons. The van der Waals surface area contributed by atoms with Crippen LogP contribution in [0.5, 0.6) is 0 Å². The average Bonchev–Trinajstić information content (AvgIpc) is 2.38. The summed E-state index contributed by atoms with van der Waals surface area (Å²) in [5, 5.41) is 3.42. The minimum Gasteiger partial charge on any atom is -0.345 e. The van der Waals surface area contributed by atoms with Gasteiger partial charge in [0.25, 0.3) is 5.91 Å². The first-order valence-electron chi connectivity index (χ1n) is 5.99. The Morgan fingerprint density at radius 3 is 2.55 bits per heavy atom. The van der Waals surface area contributed by atoms with Crippen molar-refractivity contribution in [3.63, 3.8) is 0 Å². The first kappa shape index (κ1) is 14.8. The topological polar surface area (TPSA) is 29.1 Å². The summed E-state index contributed by atoms with van der Waals surface area (Å²) in [6, 6.07) is 10.4. The molecule has 0 fully saturated rings. The summed E-state index contributed by atoms with van der Waals surface area (Å²) < 4.78 is 13.6. The summed E-state index contributed by atoms with van der Waals surface area (Å²) in [5.41, 5.74) is 0.727. The molecule has 2 aromatic rings. The highest BCUT2D eigenvalue weighted by Crippen LogP contribution is 2.22. The van der Waals surface area contributed by atoms with Crippen LogP contribution in [0.1, 0.15) is 28.9 Å². The fourth-order valence-electron chi connectivity index (χ4n) is 1.85. The van der Waals surface area contributed by atoms with Crippen LogP contribution in [0.3, 0.4) is 0 Å². The molecule has 0 aromatic heterocycles. The number of amides is 1. The third-order valence-electron chi connectivity index (χ3n) is 2.90. The molecule has 0 bridgehead atoms. The molecule has 1 N–H and O–H groups in total. The molecular weight excluding hydrogens is 300 g/mol. The van der Waals surface area contributed by atoms with Crippen LogP contribution in [0.25, 0.3) is 0 Å².